The van der Waals surface area contributed by atoms with Gasteiger partial charge in [0.1, 0.15) is 0 Å². The Morgan fingerprint density at radius 1 is 1.10 bits per heavy atom. The maximum absolute atomic E-state index is 11.8. The molecule has 0 unspecified atom stereocenters. The Balaban J connectivity index is 1.89. The summed E-state index contributed by atoms with van der Waals surface area (Å²) in [7, 11) is 0. The van der Waals surface area contributed by atoms with E-state index in [0.29, 0.717) is 16.6 Å². The first-order valence-corrected chi connectivity index (χ1v) is 7.27. The summed E-state index contributed by atoms with van der Waals surface area (Å²) in [6.07, 6.45) is 3.30. The molecule has 0 aliphatic heterocycles. The Bertz CT molecular complexity index is 663. The summed E-state index contributed by atoms with van der Waals surface area (Å²) in [6, 6.07) is 13.2. The Hall–Kier alpha value is -1.77. The van der Waals surface area contributed by atoms with Gasteiger partial charge < -0.3 is 5.32 Å². The summed E-state index contributed by atoms with van der Waals surface area (Å²) >= 11 is 11.8. The van der Waals surface area contributed by atoms with E-state index in [-0.39, 0.29) is 5.91 Å². The van der Waals surface area contributed by atoms with Crippen molar-refractivity contribution in [2.45, 2.75) is 13.5 Å². The zero-order valence-electron chi connectivity index (χ0n) is 11.6. The smallest absolute Gasteiger partial charge is 0.244 e. The quantitative estimate of drug-likeness (QED) is 0.818. The van der Waals surface area contributed by atoms with Crippen LogP contribution in [0, 0.1) is 6.92 Å². The summed E-state index contributed by atoms with van der Waals surface area (Å²) in [5.41, 5.74) is 3.09. The number of halogens is 2. The molecule has 0 spiro atoms. The molecule has 108 valence electrons. The van der Waals surface area contributed by atoms with Crippen molar-refractivity contribution >= 4 is 35.2 Å². The molecule has 0 aromatic heterocycles. The zero-order valence-corrected chi connectivity index (χ0v) is 13.1. The van der Waals surface area contributed by atoms with Crippen LogP contribution >= 0.6 is 23.2 Å². The van der Waals surface area contributed by atoms with Crippen LogP contribution in [-0.2, 0) is 11.3 Å². The van der Waals surface area contributed by atoms with Crippen molar-refractivity contribution in [2.75, 3.05) is 0 Å². The fourth-order valence-corrected chi connectivity index (χ4v) is 2.07. The third-order valence-corrected chi connectivity index (χ3v) is 3.69. The van der Waals surface area contributed by atoms with Gasteiger partial charge in [0.25, 0.3) is 0 Å². The molecular weight excluding hydrogens is 305 g/mol. The van der Waals surface area contributed by atoms with Crippen LogP contribution in [0.1, 0.15) is 16.7 Å². The molecule has 1 amide bonds. The Labute approximate surface area is 134 Å². The number of carbonyl (C=O) groups excluding carboxylic acids is 1. The minimum absolute atomic E-state index is 0.151. The van der Waals surface area contributed by atoms with E-state index in [1.165, 1.54) is 11.6 Å². The van der Waals surface area contributed by atoms with Gasteiger partial charge in [-0.3, -0.25) is 4.79 Å². The highest BCUT2D eigenvalue weighted by atomic mass is 35.5. The van der Waals surface area contributed by atoms with Gasteiger partial charge in [0.05, 0.1) is 10.0 Å². The lowest BCUT2D eigenvalue weighted by Gasteiger charge is -2.04. The number of rotatable bonds is 4. The first kappa shape index (κ1) is 15.6. The number of hydrogen-bond donors (Lipinski definition) is 1. The molecule has 2 aromatic carbocycles. The summed E-state index contributed by atoms with van der Waals surface area (Å²) < 4.78 is 0. The number of nitrogens with one attached hydrogen (secondary N) is 1. The number of carbonyl (C=O) groups is 1. The first-order chi connectivity index (χ1) is 10.0. The predicted molar refractivity (Wildman–Crippen MR) is 88.5 cm³/mol. The van der Waals surface area contributed by atoms with Crippen LogP contribution < -0.4 is 5.32 Å². The largest absolute Gasteiger partial charge is 0.348 e. The summed E-state index contributed by atoms with van der Waals surface area (Å²) in [6.45, 7) is 2.44. The molecular formula is C17H15Cl2NO. The molecule has 2 rings (SSSR count). The molecule has 21 heavy (non-hydrogen) atoms. The van der Waals surface area contributed by atoms with E-state index in [9.17, 15) is 4.79 Å². The van der Waals surface area contributed by atoms with Gasteiger partial charge in [-0.25, -0.2) is 0 Å². The van der Waals surface area contributed by atoms with Crippen LogP contribution in [-0.4, -0.2) is 5.91 Å². The molecule has 0 saturated heterocycles. The summed E-state index contributed by atoms with van der Waals surface area (Å²) in [5.74, 6) is -0.151. The van der Waals surface area contributed by atoms with Gasteiger partial charge in [-0.2, -0.15) is 0 Å². The fourth-order valence-electron chi connectivity index (χ4n) is 1.75. The maximum Gasteiger partial charge on any atom is 0.244 e. The zero-order chi connectivity index (χ0) is 15.2. The highest BCUT2D eigenvalue weighted by molar-refractivity contribution is 6.42. The van der Waals surface area contributed by atoms with Gasteiger partial charge in [-0.05, 0) is 36.3 Å². The fraction of sp³-hybridized carbons (Fsp3) is 0.118. The van der Waals surface area contributed by atoms with Crippen molar-refractivity contribution in [3.63, 3.8) is 0 Å². The molecule has 2 aromatic rings. The average Bonchev–Trinajstić information content (AvgIpc) is 2.48. The SMILES string of the molecule is Cc1ccc(/C=C/C(=O)NCc2ccc(Cl)c(Cl)c2)cc1. The standard InChI is InChI=1S/C17H15Cl2NO/c1-12-2-4-13(5-3-12)7-9-17(21)20-11-14-6-8-15(18)16(19)10-14/h2-10H,11H2,1H3,(H,20,21)/b9-7+. The minimum atomic E-state index is -0.151. The highest BCUT2D eigenvalue weighted by Crippen LogP contribution is 2.22. The van der Waals surface area contributed by atoms with Gasteiger partial charge in [0.2, 0.25) is 5.91 Å². The lowest BCUT2D eigenvalue weighted by Crippen LogP contribution is -2.20. The van der Waals surface area contributed by atoms with Gasteiger partial charge in [-0.1, -0.05) is 59.1 Å². The summed E-state index contributed by atoms with van der Waals surface area (Å²) in [5, 5.41) is 3.79. The van der Waals surface area contributed by atoms with Crippen molar-refractivity contribution in [1.29, 1.82) is 0 Å². The van der Waals surface area contributed by atoms with Gasteiger partial charge in [-0.15, -0.1) is 0 Å². The molecule has 2 nitrogen and oxygen atoms in total. The first-order valence-electron chi connectivity index (χ1n) is 6.51. The average molecular weight is 320 g/mol. The van der Waals surface area contributed by atoms with Crippen molar-refractivity contribution in [3.8, 4) is 0 Å². The van der Waals surface area contributed by atoms with Crippen LogP contribution in [0.2, 0.25) is 10.0 Å². The highest BCUT2D eigenvalue weighted by Gasteiger charge is 2.01. The lowest BCUT2D eigenvalue weighted by molar-refractivity contribution is -0.116. The molecule has 0 aliphatic carbocycles. The molecule has 0 bridgehead atoms. The van der Waals surface area contributed by atoms with E-state index >= 15 is 0 Å². The van der Waals surface area contributed by atoms with Crippen LogP contribution in [0.15, 0.2) is 48.5 Å². The van der Waals surface area contributed by atoms with E-state index in [2.05, 4.69) is 5.32 Å². The van der Waals surface area contributed by atoms with Crippen LogP contribution in [0.4, 0.5) is 0 Å². The second-order valence-corrected chi connectivity index (χ2v) is 5.52. The second-order valence-electron chi connectivity index (χ2n) is 4.71. The van der Waals surface area contributed by atoms with Crippen LogP contribution in [0.5, 0.6) is 0 Å². The number of aryl methyl sites for hydroxylation is 1. The molecule has 4 heteroatoms. The van der Waals surface area contributed by atoms with Crippen molar-refractivity contribution in [2.24, 2.45) is 0 Å². The molecule has 0 heterocycles. The normalized spacial score (nSPS) is 10.8. The number of benzene rings is 2. The molecule has 1 N–H and O–H groups in total. The number of amides is 1. The molecule has 0 saturated carbocycles. The third-order valence-electron chi connectivity index (χ3n) is 2.96. The van der Waals surface area contributed by atoms with Gasteiger partial charge in [0.15, 0.2) is 0 Å². The van der Waals surface area contributed by atoms with Crippen molar-refractivity contribution < 1.29 is 4.79 Å². The molecule has 0 radical (unpaired) electrons. The second kappa shape index (κ2) is 7.30. The molecule has 0 fully saturated rings. The van der Waals surface area contributed by atoms with E-state index in [1.54, 1.807) is 18.2 Å². The van der Waals surface area contributed by atoms with E-state index in [1.807, 2.05) is 37.3 Å². The molecule has 0 aliphatic rings. The third kappa shape index (κ3) is 4.92. The van der Waals surface area contributed by atoms with Gasteiger partial charge in [0, 0.05) is 12.6 Å². The van der Waals surface area contributed by atoms with E-state index in [4.69, 9.17) is 23.2 Å². The summed E-state index contributed by atoms with van der Waals surface area (Å²) in [4.78, 5) is 11.8. The van der Waals surface area contributed by atoms with E-state index < -0.39 is 0 Å². The topological polar surface area (TPSA) is 29.1 Å². The maximum atomic E-state index is 11.8. The molecule has 0 atom stereocenters. The van der Waals surface area contributed by atoms with Crippen LogP contribution in [0.3, 0.4) is 0 Å². The lowest BCUT2D eigenvalue weighted by atomic mass is 10.1. The van der Waals surface area contributed by atoms with Crippen LogP contribution in [0.25, 0.3) is 6.08 Å². The predicted octanol–water partition coefficient (Wildman–Crippen LogP) is 4.63. The van der Waals surface area contributed by atoms with Crippen molar-refractivity contribution in [1.82, 2.24) is 5.32 Å². The van der Waals surface area contributed by atoms with E-state index in [0.717, 1.165) is 11.1 Å². The number of hydrogen-bond acceptors (Lipinski definition) is 1. The Morgan fingerprint density at radius 3 is 2.48 bits per heavy atom. The minimum Gasteiger partial charge on any atom is -0.348 e. The Morgan fingerprint density at radius 2 is 1.81 bits per heavy atom. The van der Waals surface area contributed by atoms with Crippen molar-refractivity contribution in [3.05, 3.63) is 75.3 Å². The van der Waals surface area contributed by atoms with Gasteiger partial charge >= 0.3 is 0 Å². The monoisotopic (exact) mass is 319 g/mol. The Kier molecular flexibility index (Phi) is 5.43.